The molecule has 0 unspecified atom stereocenters. The summed E-state index contributed by atoms with van der Waals surface area (Å²) in [5.41, 5.74) is 3.56. The molecule has 2 aromatic rings. The van der Waals surface area contributed by atoms with Crippen molar-refractivity contribution in [1.29, 1.82) is 0 Å². The van der Waals surface area contributed by atoms with E-state index in [1.54, 1.807) is 11.8 Å². The Balaban J connectivity index is 2.13. The highest BCUT2D eigenvalue weighted by molar-refractivity contribution is 7.98. The molecule has 0 amide bonds. The van der Waals surface area contributed by atoms with Crippen LogP contribution in [0.15, 0.2) is 47.4 Å². The van der Waals surface area contributed by atoms with Crippen LogP contribution in [0.1, 0.15) is 21.5 Å². The molecular weight excluding hydrogens is 282 g/mol. The van der Waals surface area contributed by atoms with Gasteiger partial charge in [0.25, 0.3) is 0 Å². The fraction of sp³-hybridized carbons (Fsp3) is 0.235. The summed E-state index contributed by atoms with van der Waals surface area (Å²) in [6, 6.07) is 14.1. The smallest absolute Gasteiger partial charge is 0.339 e. The lowest BCUT2D eigenvalue weighted by atomic mass is 10.1. The van der Waals surface area contributed by atoms with E-state index in [0.29, 0.717) is 12.1 Å². The van der Waals surface area contributed by atoms with Gasteiger partial charge < -0.3 is 10.1 Å². The van der Waals surface area contributed by atoms with Crippen molar-refractivity contribution in [3.05, 3.63) is 59.2 Å². The van der Waals surface area contributed by atoms with E-state index in [1.807, 2.05) is 25.1 Å². The first kappa shape index (κ1) is 15.4. The minimum atomic E-state index is -0.320. The fourth-order valence-corrected chi connectivity index (χ4v) is 2.44. The Morgan fingerprint density at radius 3 is 2.52 bits per heavy atom. The standard InChI is InChI=1S/C17H19NO2S/c1-12-4-9-16(15(10-12)17(19)20-2)18-11-13-5-7-14(21-3)8-6-13/h4-10,18H,11H2,1-3H3. The number of nitrogens with one attached hydrogen (secondary N) is 1. The van der Waals surface area contributed by atoms with Crippen molar-refractivity contribution in [2.24, 2.45) is 0 Å². The molecule has 2 rings (SSSR count). The monoisotopic (exact) mass is 301 g/mol. The molecule has 0 atom stereocenters. The number of hydrogen-bond acceptors (Lipinski definition) is 4. The minimum absolute atomic E-state index is 0.320. The molecule has 0 aliphatic heterocycles. The van der Waals surface area contributed by atoms with E-state index in [0.717, 1.165) is 11.3 Å². The van der Waals surface area contributed by atoms with Crippen LogP contribution in [-0.2, 0) is 11.3 Å². The average Bonchev–Trinajstić information content (AvgIpc) is 2.53. The second kappa shape index (κ2) is 7.18. The Labute approximate surface area is 129 Å². The van der Waals surface area contributed by atoms with Gasteiger partial charge in [-0.15, -0.1) is 11.8 Å². The van der Waals surface area contributed by atoms with Gasteiger partial charge in [-0.05, 0) is 43.0 Å². The molecule has 21 heavy (non-hydrogen) atoms. The van der Waals surface area contributed by atoms with Crippen LogP contribution in [-0.4, -0.2) is 19.3 Å². The summed E-state index contributed by atoms with van der Waals surface area (Å²) >= 11 is 1.72. The zero-order chi connectivity index (χ0) is 15.2. The van der Waals surface area contributed by atoms with Crippen LogP contribution in [0.3, 0.4) is 0 Å². The Morgan fingerprint density at radius 1 is 1.19 bits per heavy atom. The number of esters is 1. The van der Waals surface area contributed by atoms with Crippen LogP contribution < -0.4 is 5.32 Å². The van der Waals surface area contributed by atoms with E-state index in [1.165, 1.54) is 17.6 Å². The van der Waals surface area contributed by atoms with Gasteiger partial charge in [0.1, 0.15) is 0 Å². The Bertz CT molecular complexity index is 623. The number of hydrogen-bond donors (Lipinski definition) is 1. The number of carbonyl (C=O) groups is 1. The van der Waals surface area contributed by atoms with Crippen LogP contribution in [0.5, 0.6) is 0 Å². The molecule has 1 N–H and O–H groups in total. The van der Waals surface area contributed by atoms with Gasteiger partial charge in [0.15, 0.2) is 0 Å². The molecule has 0 spiro atoms. The number of rotatable bonds is 5. The quantitative estimate of drug-likeness (QED) is 0.666. The summed E-state index contributed by atoms with van der Waals surface area (Å²) in [5.74, 6) is -0.320. The van der Waals surface area contributed by atoms with Gasteiger partial charge in [-0.1, -0.05) is 23.8 Å². The molecule has 110 valence electrons. The SMILES string of the molecule is COC(=O)c1cc(C)ccc1NCc1ccc(SC)cc1. The van der Waals surface area contributed by atoms with Crippen LogP contribution >= 0.6 is 11.8 Å². The van der Waals surface area contributed by atoms with Crippen molar-refractivity contribution >= 4 is 23.4 Å². The number of anilines is 1. The number of aryl methyl sites for hydroxylation is 1. The zero-order valence-corrected chi connectivity index (χ0v) is 13.3. The first-order valence-electron chi connectivity index (χ1n) is 6.70. The largest absolute Gasteiger partial charge is 0.465 e. The van der Waals surface area contributed by atoms with Gasteiger partial charge in [0.05, 0.1) is 12.7 Å². The van der Waals surface area contributed by atoms with E-state index < -0.39 is 0 Å². The van der Waals surface area contributed by atoms with Crippen molar-refractivity contribution in [3.63, 3.8) is 0 Å². The topological polar surface area (TPSA) is 38.3 Å². The molecule has 2 aromatic carbocycles. The van der Waals surface area contributed by atoms with Crippen molar-refractivity contribution in [2.75, 3.05) is 18.7 Å². The number of ether oxygens (including phenoxy) is 1. The molecule has 3 nitrogen and oxygen atoms in total. The maximum absolute atomic E-state index is 11.8. The first-order chi connectivity index (χ1) is 10.1. The average molecular weight is 301 g/mol. The zero-order valence-electron chi connectivity index (χ0n) is 12.5. The van der Waals surface area contributed by atoms with Gasteiger partial charge in [-0.2, -0.15) is 0 Å². The highest BCUT2D eigenvalue weighted by atomic mass is 32.2. The third-order valence-electron chi connectivity index (χ3n) is 3.22. The molecule has 0 aromatic heterocycles. The molecule has 0 aliphatic carbocycles. The molecule has 0 fully saturated rings. The van der Waals surface area contributed by atoms with Gasteiger partial charge in [-0.25, -0.2) is 4.79 Å². The number of thioether (sulfide) groups is 1. The molecule has 0 heterocycles. The van der Waals surface area contributed by atoms with E-state index in [-0.39, 0.29) is 5.97 Å². The van der Waals surface area contributed by atoms with E-state index >= 15 is 0 Å². The van der Waals surface area contributed by atoms with E-state index in [9.17, 15) is 4.79 Å². The molecule has 0 saturated heterocycles. The van der Waals surface area contributed by atoms with Gasteiger partial charge in [0, 0.05) is 17.1 Å². The third-order valence-corrected chi connectivity index (χ3v) is 3.97. The molecule has 0 aliphatic rings. The second-order valence-electron chi connectivity index (χ2n) is 4.74. The number of carbonyl (C=O) groups excluding carboxylic acids is 1. The lowest BCUT2D eigenvalue weighted by molar-refractivity contribution is 0.0601. The minimum Gasteiger partial charge on any atom is -0.465 e. The summed E-state index contributed by atoms with van der Waals surface area (Å²) in [6.45, 7) is 2.62. The summed E-state index contributed by atoms with van der Waals surface area (Å²) < 4.78 is 4.83. The summed E-state index contributed by atoms with van der Waals surface area (Å²) in [7, 11) is 1.40. The van der Waals surface area contributed by atoms with E-state index in [2.05, 4.69) is 35.8 Å². The lowest BCUT2D eigenvalue weighted by Gasteiger charge is -2.12. The normalized spacial score (nSPS) is 10.2. The van der Waals surface area contributed by atoms with Crippen LogP contribution in [0.4, 0.5) is 5.69 Å². The predicted molar refractivity (Wildman–Crippen MR) is 88.1 cm³/mol. The summed E-state index contributed by atoms with van der Waals surface area (Å²) in [6.07, 6.45) is 2.06. The highest BCUT2D eigenvalue weighted by Crippen LogP contribution is 2.20. The Kier molecular flexibility index (Phi) is 5.28. The lowest BCUT2D eigenvalue weighted by Crippen LogP contribution is -2.08. The third kappa shape index (κ3) is 4.02. The molecule has 0 radical (unpaired) electrons. The van der Waals surface area contributed by atoms with Crippen LogP contribution in [0.2, 0.25) is 0 Å². The number of benzene rings is 2. The van der Waals surface area contributed by atoms with Crippen LogP contribution in [0.25, 0.3) is 0 Å². The van der Waals surface area contributed by atoms with Gasteiger partial charge in [0.2, 0.25) is 0 Å². The van der Waals surface area contributed by atoms with Crippen LogP contribution in [0, 0.1) is 6.92 Å². The second-order valence-corrected chi connectivity index (χ2v) is 5.62. The van der Waals surface area contributed by atoms with Gasteiger partial charge >= 0.3 is 5.97 Å². The first-order valence-corrected chi connectivity index (χ1v) is 7.92. The van der Waals surface area contributed by atoms with Crippen molar-refractivity contribution in [3.8, 4) is 0 Å². The predicted octanol–water partition coefficient (Wildman–Crippen LogP) is 4.12. The maximum Gasteiger partial charge on any atom is 0.339 e. The van der Waals surface area contributed by atoms with Crippen molar-refractivity contribution in [2.45, 2.75) is 18.4 Å². The fourth-order valence-electron chi connectivity index (χ4n) is 2.03. The Hall–Kier alpha value is -1.94. The molecular formula is C17H19NO2S. The molecule has 0 saturated carbocycles. The Morgan fingerprint density at radius 2 is 1.90 bits per heavy atom. The van der Waals surface area contributed by atoms with Crippen molar-refractivity contribution in [1.82, 2.24) is 0 Å². The maximum atomic E-state index is 11.8. The molecule has 0 bridgehead atoms. The summed E-state index contributed by atoms with van der Waals surface area (Å²) in [4.78, 5) is 13.1. The van der Waals surface area contributed by atoms with Gasteiger partial charge in [-0.3, -0.25) is 0 Å². The number of methoxy groups -OCH3 is 1. The van der Waals surface area contributed by atoms with E-state index in [4.69, 9.17) is 4.74 Å². The van der Waals surface area contributed by atoms with Crippen molar-refractivity contribution < 1.29 is 9.53 Å². The summed E-state index contributed by atoms with van der Waals surface area (Å²) in [5, 5.41) is 3.30. The molecule has 4 heteroatoms. The highest BCUT2D eigenvalue weighted by Gasteiger charge is 2.11.